The average Bonchev–Trinajstić information content (AvgIpc) is 2.82. The number of anilines is 1. The number of unbranched alkanes of at least 4 members (excludes halogenated alkanes) is 5. The summed E-state index contributed by atoms with van der Waals surface area (Å²) in [7, 11) is 1.45. The molecular weight excluding hydrogens is 481 g/mol. The summed E-state index contributed by atoms with van der Waals surface area (Å²) in [6.45, 7) is 2.64. The molecule has 0 aliphatic rings. The van der Waals surface area contributed by atoms with Crippen molar-refractivity contribution in [3.63, 3.8) is 0 Å². The van der Waals surface area contributed by atoms with Crippen molar-refractivity contribution >= 4 is 29.3 Å². The first-order chi connectivity index (χ1) is 16.7. The van der Waals surface area contributed by atoms with E-state index >= 15 is 0 Å². The molecule has 0 aliphatic heterocycles. The van der Waals surface area contributed by atoms with Crippen LogP contribution in [0.15, 0.2) is 42.0 Å². The molecule has 0 unspecified atom stereocenters. The molecule has 0 bridgehead atoms. The molecule has 0 aromatic heterocycles. The third kappa shape index (κ3) is 8.84. The van der Waals surface area contributed by atoms with Crippen LogP contribution in [0.2, 0.25) is 5.02 Å². The second-order valence-corrected chi connectivity index (χ2v) is 8.26. The standard InChI is InChI=1S/C26H28ClF3N2O3/c1-3-4-5-6-7-8-12-35-24-22(27)14-18(15-23(24)34-2)13-19(17-31)25(33)32-21-11-9-10-20(16-21)26(28,29)30/h9-11,13-16H,3-8,12H2,1-2H3,(H,32,33)/b19-13+. The third-order valence-corrected chi connectivity index (χ3v) is 5.40. The Labute approximate surface area is 208 Å². The molecular formula is C26H28ClF3N2O3. The van der Waals surface area contributed by atoms with E-state index in [-0.39, 0.29) is 16.3 Å². The zero-order valence-corrected chi connectivity index (χ0v) is 20.4. The highest BCUT2D eigenvalue weighted by molar-refractivity contribution is 6.32. The predicted octanol–water partition coefficient (Wildman–Crippen LogP) is 7.65. The number of nitrogens with zero attached hydrogens (tertiary/aromatic N) is 1. The fraction of sp³-hybridized carbons (Fsp3) is 0.385. The maximum absolute atomic E-state index is 12.9. The number of ether oxygens (including phenoxy) is 2. The van der Waals surface area contributed by atoms with E-state index in [4.69, 9.17) is 21.1 Å². The van der Waals surface area contributed by atoms with Gasteiger partial charge in [0.25, 0.3) is 5.91 Å². The number of methoxy groups -OCH3 is 1. The molecule has 35 heavy (non-hydrogen) atoms. The minimum absolute atomic E-state index is 0.0833. The maximum Gasteiger partial charge on any atom is 0.416 e. The molecule has 5 nitrogen and oxygen atoms in total. The molecule has 2 aromatic carbocycles. The number of halogens is 4. The molecule has 0 saturated heterocycles. The number of carbonyl (C=O) groups is 1. The quantitative estimate of drug-likeness (QED) is 0.181. The number of alkyl halides is 3. The Balaban J connectivity index is 2.12. The number of benzene rings is 2. The number of carbonyl (C=O) groups excluding carboxylic acids is 1. The molecule has 0 atom stereocenters. The highest BCUT2D eigenvalue weighted by Gasteiger charge is 2.30. The molecule has 1 N–H and O–H groups in total. The fourth-order valence-corrected chi connectivity index (χ4v) is 3.58. The van der Waals surface area contributed by atoms with E-state index in [0.29, 0.717) is 23.7 Å². The van der Waals surface area contributed by atoms with Gasteiger partial charge in [-0.25, -0.2) is 0 Å². The largest absolute Gasteiger partial charge is 0.493 e. The van der Waals surface area contributed by atoms with E-state index in [0.717, 1.165) is 31.4 Å². The summed E-state index contributed by atoms with van der Waals surface area (Å²) in [5, 5.41) is 12.0. The van der Waals surface area contributed by atoms with Crippen molar-refractivity contribution in [1.82, 2.24) is 0 Å². The molecule has 2 rings (SSSR count). The number of rotatable bonds is 12. The Morgan fingerprint density at radius 2 is 1.86 bits per heavy atom. The van der Waals surface area contributed by atoms with E-state index < -0.39 is 17.6 Å². The molecule has 0 fully saturated rings. The van der Waals surface area contributed by atoms with Gasteiger partial charge in [0.05, 0.1) is 24.3 Å². The summed E-state index contributed by atoms with van der Waals surface area (Å²) >= 11 is 6.37. The average molecular weight is 509 g/mol. The summed E-state index contributed by atoms with van der Waals surface area (Å²) in [5.41, 5.74) is -0.915. The van der Waals surface area contributed by atoms with Crippen molar-refractivity contribution in [2.24, 2.45) is 0 Å². The molecule has 0 spiro atoms. The number of hydrogen-bond donors (Lipinski definition) is 1. The van der Waals surface area contributed by atoms with Crippen molar-refractivity contribution < 1.29 is 27.4 Å². The van der Waals surface area contributed by atoms with Crippen LogP contribution in [0, 0.1) is 11.3 Å². The summed E-state index contributed by atoms with van der Waals surface area (Å²) in [6.07, 6.45) is 3.39. The van der Waals surface area contributed by atoms with Crippen LogP contribution in [0.4, 0.5) is 18.9 Å². The van der Waals surface area contributed by atoms with Crippen LogP contribution in [-0.4, -0.2) is 19.6 Å². The van der Waals surface area contributed by atoms with Gasteiger partial charge < -0.3 is 14.8 Å². The van der Waals surface area contributed by atoms with Gasteiger partial charge in [0.15, 0.2) is 11.5 Å². The maximum atomic E-state index is 12.9. The van der Waals surface area contributed by atoms with Crippen LogP contribution < -0.4 is 14.8 Å². The van der Waals surface area contributed by atoms with Gasteiger partial charge in [0.2, 0.25) is 0 Å². The molecule has 188 valence electrons. The first-order valence-electron chi connectivity index (χ1n) is 11.3. The highest BCUT2D eigenvalue weighted by atomic mass is 35.5. The Bertz CT molecular complexity index is 1080. The lowest BCUT2D eigenvalue weighted by molar-refractivity contribution is -0.137. The summed E-state index contributed by atoms with van der Waals surface area (Å²) in [4.78, 5) is 12.5. The SMILES string of the molecule is CCCCCCCCOc1c(Cl)cc(/C=C(\C#N)C(=O)Nc2cccc(C(F)(F)F)c2)cc1OC. The number of nitrogens with one attached hydrogen (secondary N) is 1. The van der Waals surface area contributed by atoms with Crippen molar-refractivity contribution in [2.75, 3.05) is 19.0 Å². The Morgan fingerprint density at radius 1 is 1.14 bits per heavy atom. The first-order valence-corrected chi connectivity index (χ1v) is 11.7. The molecule has 0 radical (unpaired) electrons. The van der Waals surface area contributed by atoms with Crippen LogP contribution in [0.5, 0.6) is 11.5 Å². The van der Waals surface area contributed by atoms with Gasteiger partial charge in [-0.15, -0.1) is 0 Å². The van der Waals surface area contributed by atoms with Crippen LogP contribution in [0.1, 0.15) is 56.6 Å². The minimum atomic E-state index is -4.55. The lowest BCUT2D eigenvalue weighted by atomic mass is 10.1. The molecule has 0 aliphatic carbocycles. The Morgan fingerprint density at radius 3 is 2.51 bits per heavy atom. The summed E-state index contributed by atoms with van der Waals surface area (Å²) in [6, 6.07) is 9.01. The first kappa shape index (κ1) is 28.1. The molecule has 0 heterocycles. The smallest absolute Gasteiger partial charge is 0.416 e. The van der Waals surface area contributed by atoms with Crippen LogP contribution in [-0.2, 0) is 11.0 Å². The molecule has 0 saturated carbocycles. The summed E-state index contributed by atoms with van der Waals surface area (Å²) < 4.78 is 49.9. The normalized spacial score (nSPS) is 11.6. The van der Waals surface area contributed by atoms with E-state index in [1.54, 1.807) is 12.1 Å². The van der Waals surface area contributed by atoms with Gasteiger partial charge in [0.1, 0.15) is 11.6 Å². The second-order valence-electron chi connectivity index (χ2n) is 7.85. The van der Waals surface area contributed by atoms with Gasteiger partial charge in [-0.1, -0.05) is 56.7 Å². The zero-order chi connectivity index (χ0) is 25.8. The Kier molecular flexibility index (Phi) is 10.9. The summed E-state index contributed by atoms with van der Waals surface area (Å²) in [5.74, 6) is -0.151. The topological polar surface area (TPSA) is 71.3 Å². The monoisotopic (exact) mass is 508 g/mol. The molecule has 2 aromatic rings. The lowest BCUT2D eigenvalue weighted by Crippen LogP contribution is -2.14. The van der Waals surface area contributed by atoms with Crippen molar-refractivity contribution in [3.05, 3.63) is 58.1 Å². The Hall–Kier alpha value is -3.18. The number of hydrogen-bond acceptors (Lipinski definition) is 4. The second kappa shape index (κ2) is 13.6. The molecule has 1 amide bonds. The van der Waals surface area contributed by atoms with Gasteiger partial charge in [-0.2, -0.15) is 18.4 Å². The van der Waals surface area contributed by atoms with Crippen molar-refractivity contribution in [1.29, 1.82) is 5.26 Å². The zero-order valence-electron chi connectivity index (χ0n) is 19.7. The predicted molar refractivity (Wildman–Crippen MR) is 131 cm³/mol. The van der Waals surface area contributed by atoms with Gasteiger partial charge in [-0.3, -0.25) is 4.79 Å². The van der Waals surface area contributed by atoms with Crippen LogP contribution in [0.3, 0.4) is 0 Å². The van der Waals surface area contributed by atoms with Crippen LogP contribution >= 0.6 is 11.6 Å². The number of nitriles is 1. The van der Waals surface area contributed by atoms with Crippen LogP contribution in [0.25, 0.3) is 6.08 Å². The highest BCUT2D eigenvalue weighted by Crippen LogP contribution is 2.37. The van der Waals surface area contributed by atoms with Crippen molar-refractivity contribution in [2.45, 2.75) is 51.6 Å². The van der Waals surface area contributed by atoms with Gasteiger partial charge in [-0.05, 0) is 48.4 Å². The van der Waals surface area contributed by atoms with E-state index in [1.165, 1.54) is 50.6 Å². The van der Waals surface area contributed by atoms with E-state index in [1.807, 2.05) is 0 Å². The fourth-order valence-electron chi connectivity index (χ4n) is 3.31. The van der Waals surface area contributed by atoms with Gasteiger partial charge >= 0.3 is 6.18 Å². The van der Waals surface area contributed by atoms with Gasteiger partial charge in [0, 0.05) is 5.69 Å². The lowest BCUT2D eigenvalue weighted by Gasteiger charge is -2.13. The molecule has 9 heteroatoms. The number of amides is 1. The minimum Gasteiger partial charge on any atom is -0.493 e. The van der Waals surface area contributed by atoms with Crippen molar-refractivity contribution in [3.8, 4) is 17.6 Å². The van der Waals surface area contributed by atoms with E-state index in [2.05, 4.69) is 12.2 Å². The third-order valence-electron chi connectivity index (χ3n) is 5.12. The van der Waals surface area contributed by atoms with E-state index in [9.17, 15) is 23.2 Å².